The predicted octanol–water partition coefficient (Wildman–Crippen LogP) is 2.45. The lowest BCUT2D eigenvalue weighted by molar-refractivity contribution is 0.0114. The molecule has 0 spiro atoms. The van der Waals surface area contributed by atoms with Crippen molar-refractivity contribution in [3.63, 3.8) is 0 Å². The van der Waals surface area contributed by atoms with Crippen LogP contribution in [0.5, 0.6) is 0 Å². The highest BCUT2D eigenvalue weighted by molar-refractivity contribution is 4.79. The minimum absolute atomic E-state index is 0.627. The van der Waals surface area contributed by atoms with E-state index in [1.54, 1.807) is 0 Å². The van der Waals surface area contributed by atoms with Gasteiger partial charge in [0.1, 0.15) is 0 Å². The monoisotopic (exact) mass is 243 g/mol. The summed E-state index contributed by atoms with van der Waals surface area (Å²) in [6.07, 6.45) is 3.47. The summed E-state index contributed by atoms with van der Waals surface area (Å²) in [6, 6.07) is 0.631. The fourth-order valence-corrected chi connectivity index (χ4v) is 2.23. The smallest absolute Gasteiger partial charge is 0.0510 e. The third kappa shape index (κ3) is 6.39. The van der Waals surface area contributed by atoms with Crippen LogP contribution in [0, 0.1) is 11.8 Å². The average molecular weight is 243 g/mol. The van der Waals surface area contributed by atoms with Gasteiger partial charge in [-0.15, -0.1) is 0 Å². The minimum Gasteiger partial charge on any atom is -0.381 e. The zero-order chi connectivity index (χ0) is 12.5. The molecule has 102 valence electrons. The summed E-state index contributed by atoms with van der Waals surface area (Å²) in [7, 11) is 0. The lowest BCUT2D eigenvalue weighted by Crippen LogP contribution is -2.43. The van der Waals surface area contributed by atoms with E-state index in [0.29, 0.717) is 17.9 Å². The molecule has 3 nitrogen and oxygen atoms in total. The van der Waals surface area contributed by atoms with Gasteiger partial charge >= 0.3 is 0 Å². The van der Waals surface area contributed by atoms with Crippen molar-refractivity contribution >= 4 is 0 Å². The molecule has 0 aliphatic carbocycles. The van der Waals surface area contributed by atoms with Crippen LogP contribution < -0.4 is 5.32 Å². The second-order valence-corrected chi connectivity index (χ2v) is 5.44. The van der Waals surface area contributed by atoms with Crippen LogP contribution in [0.3, 0.4) is 0 Å². The van der Waals surface area contributed by atoms with Crippen molar-refractivity contribution in [2.24, 2.45) is 11.8 Å². The van der Waals surface area contributed by atoms with Gasteiger partial charge in [0, 0.05) is 25.9 Å². The molecule has 0 aromatic heterocycles. The van der Waals surface area contributed by atoms with Gasteiger partial charge in [-0.3, -0.25) is 0 Å². The largest absolute Gasteiger partial charge is 0.381 e. The molecule has 0 bridgehead atoms. The Kier molecular flexibility index (Phi) is 7.82. The SMILES string of the molecule is CCCNC1CCOCC1CCOCC(C)C. The van der Waals surface area contributed by atoms with E-state index in [9.17, 15) is 0 Å². The summed E-state index contributed by atoms with van der Waals surface area (Å²) in [6.45, 7) is 11.3. The number of nitrogens with one attached hydrogen (secondary N) is 1. The van der Waals surface area contributed by atoms with Crippen LogP contribution >= 0.6 is 0 Å². The molecule has 1 aliphatic heterocycles. The van der Waals surface area contributed by atoms with E-state index in [0.717, 1.165) is 45.8 Å². The van der Waals surface area contributed by atoms with Crippen LogP contribution in [0.25, 0.3) is 0 Å². The molecule has 1 saturated heterocycles. The highest BCUT2D eigenvalue weighted by atomic mass is 16.5. The van der Waals surface area contributed by atoms with Gasteiger partial charge in [-0.05, 0) is 37.6 Å². The lowest BCUT2D eigenvalue weighted by atomic mass is 9.93. The number of rotatable bonds is 8. The molecule has 1 N–H and O–H groups in total. The molecule has 1 heterocycles. The first-order valence-electron chi connectivity index (χ1n) is 7.13. The molecule has 1 aliphatic rings. The molecule has 17 heavy (non-hydrogen) atoms. The third-order valence-corrected chi connectivity index (χ3v) is 3.21. The average Bonchev–Trinajstić information content (AvgIpc) is 2.33. The first-order chi connectivity index (χ1) is 8.24. The van der Waals surface area contributed by atoms with Gasteiger partial charge < -0.3 is 14.8 Å². The van der Waals surface area contributed by atoms with Crippen LogP contribution in [0.2, 0.25) is 0 Å². The Morgan fingerprint density at radius 3 is 2.94 bits per heavy atom. The van der Waals surface area contributed by atoms with Crippen molar-refractivity contribution < 1.29 is 9.47 Å². The molecule has 0 amide bonds. The van der Waals surface area contributed by atoms with E-state index >= 15 is 0 Å². The Morgan fingerprint density at radius 2 is 2.24 bits per heavy atom. The lowest BCUT2D eigenvalue weighted by Gasteiger charge is -2.32. The van der Waals surface area contributed by atoms with Gasteiger partial charge in [-0.2, -0.15) is 0 Å². The van der Waals surface area contributed by atoms with Crippen LogP contribution in [0.4, 0.5) is 0 Å². The van der Waals surface area contributed by atoms with Crippen molar-refractivity contribution in [3.05, 3.63) is 0 Å². The van der Waals surface area contributed by atoms with E-state index in [2.05, 4.69) is 26.1 Å². The van der Waals surface area contributed by atoms with Crippen LogP contribution in [-0.4, -0.2) is 39.0 Å². The summed E-state index contributed by atoms with van der Waals surface area (Å²) in [5.74, 6) is 1.26. The maximum Gasteiger partial charge on any atom is 0.0510 e. The van der Waals surface area contributed by atoms with Crippen LogP contribution in [0.15, 0.2) is 0 Å². The van der Waals surface area contributed by atoms with Gasteiger partial charge in [-0.1, -0.05) is 20.8 Å². The molecular weight excluding hydrogens is 214 g/mol. The first kappa shape index (κ1) is 14.9. The Bertz CT molecular complexity index is 185. The Balaban J connectivity index is 2.18. The van der Waals surface area contributed by atoms with Gasteiger partial charge in [0.15, 0.2) is 0 Å². The van der Waals surface area contributed by atoms with Crippen molar-refractivity contribution in [3.8, 4) is 0 Å². The fourth-order valence-electron chi connectivity index (χ4n) is 2.23. The van der Waals surface area contributed by atoms with E-state index in [1.165, 1.54) is 6.42 Å². The van der Waals surface area contributed by atoms with Crippen molar-refractivity contribution in [2.45, 2.75) is 46.1 Å². The minimum atomic E-state index is 0.627. The molecule has 0 aromatic carbocycles. The molecule has 0 saturated carbocycles. The van der Waals surface area contributed by atoms with Crippen molar-refractivity contribution in [1.82, 2.24) is 5.32 Å². The fraction of sp³-hybridized carbons (Fsp3) is 1.00. The molecule has 2 unspecified atom stereocenters. The highest BCUT2D eigenvalue weighted by Gasteiger charge is 2.24. The second-order valence-electron chi connectivity index (χ2n) is 5.44. The van der Waals surface area contributed by atoms with E-state index < -0.39 is 0 Å². The number of hydrogen-bond acceptors (Lipinski definition) is 3. The van der Waals surface area contributed by atoms with Gasteiger partial charge in [0.05, 0.1) is 6.61 Å². The van der Waals surface area contributed by atoms with E-state index in [1.807, 2.05) is 0 Å². The number of hydrogen-bond donors (Lipinski definition) is 1. The maximum atomic E-state index is 5.67. The number of ether oxygens (including phenoxy) is 2. The molecule has 0 radical (unpaired) electrons. The molecular formula is C14H29NO2. The summed E-state index contributed by atoms with van der Waals surface area (Å²) in [5, 5.41) is 3.64. The van der Waals surface area contributed by atoms with Crippen molar-refractivity contribution in [1.29, 1.82) is 0 Å². The summed E-state index contributed by atoms with van der Waals surface area (Å²) < 4.78 is 11.2. The third-order valence-electron chi connectivity index (χ3n) is 3.21. The second kappa shape index (κ2) is 8.90. The molecule has 3 heteroatoms. The predicted molar refractivity (Wildman–Crippen MR) is 71.3 cm³/mol. The van der Waals surface area contributed by atoms with Crippen molar-refractivity contribution in [2.75, 3.05) is 33.0 Å². The maximum absolute atomic E-state index is 5.67. The summed E-state index contributed by atoms with van der Waals surface area (Å²) >= 11 is 0. The quantitative estimate of drug-likeness (QED) is 0.664. The molecule has 1 rings (SSSR count). The van der Waals surface area contributed by atoms with Crippen LogP contribution in [0.1, 0.15) is 40.0 Å². The van der Waals surface area contributed by atoms with Gasteiger partial charge in [0.25, 0.3) is 0 Å². The first-order valence-corrected chi connectivity index (χ1v) is 7.13. The summed E-state index contributed by atoms with van der Waals surface area (Å²) in [4.78, 5) is 0. The van der Waals surface area contributed by atoms with Gasteiger partial charge in [0.2, 0.25) is 0 Å². The van der Waals surface area contributed by atoms with Crippen LogP contribution in [-0.2, 0) is 9.47 Å². The molecule has 2 atom stereocenters. The molecule has 1 fully saturated rings. The summed E-state index contributed by atoms with van der Waals surface area (Å²) in [5.41, 5.74) is 0. The zero-order valence-electron chi connectivity index (χ0n) is 11.7. The van der Waals surface area contributed by atoms with E-state index in [4.69, 9.17) is 9.47 Å². The highest BCUT2D eigenvalue weighted by Crippen LogP contribution is 2.18. The molecule has 0 aromatic rings. The Hall–Kier alpha value is -0.120. The Morgan fingerprint density at radius 1 is 1.41 bits per heavy atom. The zero-order valence-corrected chi connectivity index (χ0v) is 11.7. The Labute approximate surface area is 106 Å². The standard InChI is InChI=1S/C14H29NO2/c1-4-7-15-14-6-9-17-11-13(14)5-8-16-10-12(2)3/h12-15H,4-11H2,1-3H3. The van der Waals surface area contributed by atoms with Gasteiger partial charge in [-0.25, -0.2) is 0 Å². The normalized spacial score (nSPS) is 25.4. The topological polar surface area (TPSA) is 30.5 Å². The van der Waals surface area contributed by atoms with E-state index in [-0.39, 0.29) is 0 Å².